The van der Waals surface area contributed by atoms with E-state index in [9.17, 15) is 4.79 Å². The molecule has 2 heterocycles. The van der Waals surface area contributed by atoms with Crippen molar-refractivity contribution in [2.45, 2.75) is 12.5 Å². The summed E-state index contributed by atoms with van der Waals surface area (Å²) < 4.78 is 10.7. The Bertz CT molecular complexity index is 211. The maximum Gasteiger partial charge on any atom is 0.225 e. The molecule has 0 aliphatic carbocycles. The molecule has 2 rings (SSSR count). The Labute approximate surface area is 89.7 Å². The van der Waals surface area contributed by atoms with Crippen LogP contribution in [0.3, 0.4) is 0 Å². The number of carbonyl (C=O) groups is 1. The lowest BCUT2D eigenvalue weighted by atomic mass is 10.2. The largest absolute Gasteiger partial charge is 0.378 e. The van der Waals surface area contributed by atoms with E-state index in [1.54, 1.807) is 0 Å². The van der Waals surface area contributed by atoms with E-state index in [1.165, 1.54) is 0 Å². The predicted molar refractivity (Wildman–Crippen MR) is 54.6 cm³/mol. The molecule has 86 valence electrons. The smallest absolute Gasteiger partial charge is 0.225 e. The highest BCUT2D eigenvalue weighted by atomic mass is 16.5. The third-order valence-corrected chi connectivity index (χ3v) is 2.77. The summed E-state index contributed by atoms with van der Waals surface area (Å²) in [6, 6.07) is 0. The highest BCUT2D eigenvalue weighted by molar-refractivity contribution is 5.76. The normalized spacial score (nSPS) is 27.7. The van der Waals surface area contributed by atoms with Crippen molar-refractivity contribution in [3.8, 4) is 0 Å². The van der Waals surface area contributed by atoms with Gasteiger partial charge in [0.05, 0.1) is 32.3 Å². The maximum absolute atomic E-state index is 11.8. The van der Waals surface area contributed by atoms with Gasteiger partial charge in [0.25, 0.3) is 0 Å². The number of nitrogens with one attached hydrogen (secondary N) is 1. The Hall–Kier alpha value is -0.650. The molecule has 0 aromatic rings. The number of hydrogen-bond donors (Lipinski definition) is 1. The van der Waals surface area contributed by atoms with E-state index in [-0.39, 0.29) is 12.0 Å². The fraction of sp³-hybridized carbons (Fsp3) is 0.900. The molecule has 0 radical (unpaired) electrons. The number of ether oxygens (including phenoxy) is 2. The van der Waals surface area contributed by atoms with Crippen LogP contribution in [-0.2, 0) is 14.3 Å². The average Bonchev–Trinajstić information content (AvgIpc) is 2.31. The molecule has 0 spiro atoms. The minimum Gasteiger partial charge on any atom is -0.378 e. The van der Waals surface area contributed by atoms with E-state index < -0.39 is 0 Å². The summed E-state index contributed by atoms with van der Waals surface area (Å²) in [5.41, 5.74) is 0. The van der Waals surface area contributed by atoms with Gasteiger partial charge < -0.3 is 19.7 Å². The number of amides is 1. The summed E-state index contributed by atoms with van der Waals surface area (Å²) in [5.74, 6) is 0.187. The van der Waals surface area contributed by atoms with Gasteiger partial charge in [-0.1, -0.05) is 0 Å². The van der Waals surface area contributed by atoms with Gasteiger partial charge in [0, 0.05) is 26.2 Å². The zero-order chi connectivity index (χ0) is 10.5. The van der Waals surface area contributed by atoms with Gasteiger partial charge in [0.2, 0.25) is 5.91 Å². The zero-order valence-electron chi connectivity index (χ0n) is 8.91. The summed E-state index contributed by atoms with van der Waals surface area (Å²) >= 11 is 0. The van der Waals surface area contributed by atoms with Crippen molar-refractivity contribution in [2.24, 2.45) is 0 Å². The first-order valence-corrected chi connectivity index (χ1v) is 5.54. The molecule has 0 bridgehead atoms. The zero-order valence-corrected chi connectivity index (χ0v) is 8.91. The van der Waals surface area contributed by atoms with Gasteiger partial charge in [-0.25, -0.2) is 0 Å². The highest BCUT2D eigenvalue weighted by Gasteiger charge is 2.22. The summed E-state index contributed by atoms with van der Waals surface area (Å²) in [7, 11) is 0. The average molecular weight is 214 g/mol. The summed E-state index contributed by atoms with van der Waals surface area (Å²) in [4.78, 5) is 13.7. The Morgan fingerprint density at radius 1 is 1.33 bits per heavy atom. The molecule has 2 fully saturated rings. The molecule has 1 unspecified atom stereocenters. The third kappa shape index (κ3) is 3.15. The fourth-order valence-electron chi connectivity index (χ4n) is 1.89. The maximum atomic E-state index is 11.8. The molecule has 5 heteroatoms. The van der Waals surface area contributed by atoms with Crippen molar-refractivity contribution in [2.75, 3.05) is 46.0 Å². The molecule has 0 aromatic heterocycles. The molecule has 0 saturated carbocycles. The molecule has 0 aromatic carbocycles. The van der Waals surface area contributed by atoms with Crippen molar-refractivity contribution in [3.63, 3.8) is 0 Å². The van der Waals surface area contributed by atoms with E-state index in [1.807, 2.05) is 4.90 Å². The van der Waals surface area contributed by atoms with Crippen molar-refractivity contribution in [3.05, 3.63) is 0 Å². The standard InChI is InChI=1S/C10H18N2O3/c13-10(12-2-5-14-6-3-12)7-9-8-11-1-4-15-9/h9,11H,1-8H2. The Balaban J connectivity index is 1.74. The van der Waals surface area contributed by atoms with Crippen LogP contribution in [0.2, 0.25) is 0 Å². The van der Waals surface area contributed by atoms with Crippen LogP contribution in [0, 0.1) is 0 Å². The van der Waals surface area contributed by atoms with Crippen LogP contribution in [0.4, 0.5) is 0 Å². The fourth-order valence-corrected chi connectivity index (χ4v) is 1.89. The molecule has 5 nitrogen and oxygen atoms in total. The van der Waals surface area contributed by atoms with Gasteiger partial charge in [-0.3, -0.25) is 4.79 Å². The molecular formula is C10H18N2O3. The highest BCUT2D eigenvalue weighted by Crippen LogP contribution is 2.06. The number of nitrogens with zero attached hydrogens (tertiary/aromatic N) is 1. The number of carbonyl (C=O) groups excluding carboxylic acids is 1. The van der Waals surface area contributed by atoms with Crippen LogP contribution < -0.4 is 5.32 Å². The van der Waals surface area contributed by atoms with Gasteiger partial charge in [-0.15, -0.1) is 0 Å². The van der Waals surface area contributed by atoms with E-state index in [0.717, 1.165) is 26.2 Å². The molecule has 15 heavy (non-hydrogen) atoms. The lowest BCUT2D eigenvalue weighted by Crippen LogP contribution is -2.45. The predicted octanol–water partition coefficient (Wildman–Crippen LogP) is -0.776. The van der Waals surface area contributed by atoms with Crippen LogP contribution in [0.15, 0.2) is 0 Å². The SMILES string of the molecule is O=C(CC1CNCCO1)N1CCOCC1. The third-order valence-electron chi connectivity index (χ3n) is 2.77. The van der Waals surface area contributed by atoms with Crippen LogP contribution in [0.5, 0.6) is 0 Å². The van der Waals surface area contributed by atoms with Crippen LogP contribution in [0.1, 0.15) is 6.42 Å². The molecule has 2 aliphatic heterocycles. The van der Waals surface area contributed by atoms with Gasteiger partial charge >= 0.3 is 0 Å². The van der Waals surface area contributed by atoms with Crippen molar-refractivity contribution >= 4 is 5.91 Å². The second-order valence-corrected chi connectivity index (χ2v) is 3.89. The van der Waals surface area contributed by atoms with E-state index in [0.29, 0.717) is 26.2 Å². The molecule has 1 N–H and O–H groups in total. The first-order valence-electron chi connectivity index (χ1n) is 5.54. The first kappa shape index (κ1) is 10.9. The van der Waals surface area contributed by atoms with E-state index >= 15 is 0 Å². The van der Waals surface area contributed by atoms with Crippen molar-refractivity contribution in [1.82, 2.24) is 10.2 Å². The van der Waals surface area contributed by atoms with Crippen molar-refractivity contribution in [1.29, 1.82) is 0 Å². The second kappa shape index (κ2) is 5.44. The molecule has 2 aliphatic rings. The van der Waals surface area contributed by atoms with Crippen molar-refractivity contribution < 1.29 is 14.3 Å². The lowest BCUT2D eigenvalue weighted by molar-refractivity contribution is -0.138. The molecule has 1 atom stereocenters. The number of morpholine rings is 2. The monoisotopic (exact) mass is 214 g/mol. The quantitative estimate of drug-likeness (QED) is 0.655. The van der Waals surface area contributed by atoms with E-state index in [2.05, 4.69) is 5.32 Å². The summed E-state index contributed by atoms with van der Waals surface area (Å²) in [5, 5.41) is 3.22. The van der Waals surface area contributed by atoms with Crippen LogP contribution in [-0.4, -0.2) is 62.9 Å². The minimum atomic E-state index is 0.0501. The van der Waals surface area contributed by atoms with Gasteiger partial charge in [0.1, 0.15) is 0 Å². The van der Waals surface area contributed by atoms with E-state index in [4.69, 9.17) is 9.47 Å². The lowest BCUT2D eigenvalue weighted by Gasteiger charge is -2.29. The van der Waals surface area contributed by atoms with Crippen LogP contribution >= 0.6 is 0 Å². The number of hydrogen-bond acceptors (Lipinski definition) is 4. The molecular weight excluding hydrogens is 196 g/mol. The summed E-state index contributed by atoms with van der Waals surface area (Å²) in [6.07, 6.45) is 0.543. The van der Waals surface area contributed by atoms with Gasteiger partial charge in [-0.2, -0.15) is 0 Å². The minimum absolute atomic E-state index is 0.0501. The second-order valence-electron chi connectivity index (χ2n) is 3.89. The van der Waals surface area contributed by atoms with Crippen LogP contribution in [0.25, 0.3) is 0 Å². The summed E-state index contributed by atoms with van der Waals surface area (Å²) in [6.45, 7) is 5.16. The van der Waals surface area contributed by atoms with Gasteiger partial charge in [0.15, 0.2) is 0 Å². The molecule has 2 saturated heterocycles. The number of rotatable bonds is 2. The Morgan fingerprint density at radius 3 is 2.80 bits per heavy atom. The van der Waals surface area contributed by atoms with Gasteiger partial charge in [-0.05, 0) is 0 Å². The molecule has 1 amide bonds. The topological polar surface area (TPSA) is 50.8 Å². The Morgan fingerprint density at radius 2 is 2.13 bits per heavy atom. The Kier molecular flexibility index (Phi) is 3.94. The first-order chi connectivity index (χ1) is 7.36.